The summed E-state index contributed by atoms with van der Waals surface area (Å²) in [6.07, 6.45) is 1.24. The maximum absolute atomic E-state index is 11.7. The molecule has 2 aromatic heterocycles. The zero-order valence-electron chi connectivity index (χ0n) is 15.8. The van der Waals surface area contributed by atoms with Gasteiger partial charge in [0.25, 0.3) is 5.24 Å². The third-order valence-corrected chi connectivity index (χ3v) is 7.98. The van der Waals surface area contributed by atoms with Crippen LogP contribution in [0.3, 0.4) is 0 Å². The van der Waals surface area contributed by atoms with E-state index in [1.54, 1.807) is 11.3 Å². The van der Waals surface area contributed by atoms with Crippen molar-refractivity contribution in [2.24, 2.45) is 0 Å². The van der Waals surface area contributed by atoms with E-state index in [2.05, 4.69) is 24.4 Å². The molecule has 8 heteroatoms. The Kier molecular flexibility index (Phi) is 6.15. The van der Waals surface area contributed by atoms with E-state index in [0.717, 1.165) is 37.8 Å². The van der Waals surface area contributed by atoms with Crippen molar-refractivity contribution in [3.05, 3.63) is 62.8 Å². The Morgan fingerprint density at radius 3 is 2.66 bits per heavy atom. The Morgan fingerprint density at radius 2 is 1.93 bits per heavy atom. The van der Waals surface area contributed by atoms with Gasteiger partial charge in [-0.05, 0) is 31.9 Å². The second kappa shape index (κ2) is 8.79. The Bertz CT molecular complexity index is 1030. The van der Waals surface area contributed by atoms with Crippen molar-refractivity contribution >= 4 is 45.6 Å². The van der Waals surface area contributed by atoms with Crippen LogP contribution in [0.25, 0.3) is 10.6 Å². The van der Waals surface area contributed by atoms with Crippen molar-refractivity contribution in [1.82, 2.24) is 10.3 Å². The molecule has 29 heavy (non-hydrogen) atoms. The molecule has 2 atom stereocenters. The number of aryl methyl sites for hydroxylation is 2. The molecule has 1 aliphatic rings. The molecule has 2 amide bonds. The molecule has 3 aromatic rings. The van der Waals surface area contributed by atoms with Gasteiger partial charge in [-0.3, -0.25) is 14.9 Å². The number of thiazole rings is 1. The number of thiophene rings is 1. The number of hydrogen-bond acceptors (Lipinski definition) is 7. The van der Waals surface area contributed by atoms with E-state index >= 15 is 0 Å². The molecule has 150 valence electrons. The molecular weight excluding hydrogens is 424 g/mol. The van der Waals surface area contributed by atoms with Gasteiger partial charge in [-0.1, -0.05) is 42.1 Å². The highest BCUT2D eigenvalue weighted by Gasteiger charge is 2.32. The lowest BCUT2D eigenvalue weighted by Crippen LogP contribution is -2.25. The van der Waals surface area contributed by atoms with Crippen molar-refractivity contribution in [3.8, 4) is 10.6 Å². The zero-order valence-corrected chi connectivity index (χ0v) is 18.2. The number of aromatic nitrogens is 1. The summed E-state index contributed by atoms with van der Waals surface area (Å²) in [5, 5.41) is 13.3. The molecule has 3 heterocycles. The van der Waals surface area contributed by atoms with Crippen LogP contribution in [0.4, 0.5) is 4.79 Å². The number of carbonyl (C=O) groups excluding carboxylic acids is 2. The average Bonchev–Trinajstić information content (AvgIpc) is 3.40. The molecule has 4 rings (SSSR count). The first-order chi connectivity index (χ1) is 14.0. The number of imide groups is 1. The summed E-state index contributed by atoms with van der Waals surface area (Å²) >= 11 is 4.21. The minimum atomic E-state index is -0.568. The van der Waals surface area contributed by atoms with Crippen molar-refractivity contribution in [2.45, 2.75) is 37.5 Å². The first-order valence-corrected chi connectivity index (χ1v) is 11.8. The van der Waals surface area contributed by atoms with Gasteiger partial charge in [0, 0.05) is 26.6 Å². The zero-order chi connectivity index (χ0) is 20.4. The number of nitrogens with one attached hydrogen (secondary N) is 1. The number of hydrogen-bond donors (Lipinski definition) is 2. The van der Waals surface area contributed by atoms with Crippen LogP contribution in [0.5, 0.6) is 0 Å². The van der Waals surface area contributed by atoms with Crippen LogP contribution in [0, 0.1) is 6.92 Å². The summed E-state index contributed by atoms with van der Waals surface area (Å²) in [5.41, 5.74) is 2.14. The highest BCUT2D eigenvalue weighted by atomic mass is 32.2. The predicted octanol–water partition coefficient (Wildman–Crippen LogP) is 4.74. The Labute approximate surface area is 181 Å². The summed E-state index contributed by atoms with van der Waals surface area (Å²) in [4.78, 5) is 30.8. The first-order valence-electron chi connectivity index (χ1n) is 9.29. The smallest absolute Gasteiger partial charge is 0.286 e. The molecule has 0 spiro atoms. The number of benzene rings is 1. The van der Waals surface area contributed by atoms with Crippen LogP contribution in [-0.4, -0.2) is 26.5 Å². The monoisotopic (exact) mass is 444 g/mol. The van der Waals surface area contributed by atoms with Crippen molar-refractivity contribution in [3.63, 3.8) is 0 Å². The number of carbonyl (C=O) groups is 2. The standard InChI is InChI=1S/C21H20N2O3S3/c1-12-15(22-20(27-12)13-5-3-2-4-6-13)8-9-16(24)17-10-7-14(28-17)11-18-19(25)23-21(26)29-18/h2-7,10,16,18,24H,8-9,11H2,1H3,(H,23,25,26). The van der Waals surface area contributed by atoms with Crippen LogP contribution in [0.15, 0.2) is 42.5 Å². The number of amides is 2. The fourth-order valence-electron chi connectivity index (χ4n) is 3.17. The molecule has 0 saturated carbocycles. The number of aliphatic hydroxyl groups excluding tert-OH is 1. The number of aliphatic hydroxyl groups is 1. The van der Waals surface area contributed by atoms with E-state index in [1.165, 1.54) is 16.2 Å². The average molecular weight is 445 g/mol. The first kappa shape index (κ1) is 20.3. The molecule has 1 aliphatic heterocycles. The van der Waals surface area contributed by atoms with Crippen molar-refractivity contribution in [1.29, 1.82) is 0 Å². The predicted molar refractivity (Wildman–Crippen MR) is 119 cm³/mol. The maximum atomic E-state index is 11.7. The molecule has 1 aromatic carbocycles. The van der Waals surface area contributed by atoms with Gasteiger partial charge in [0.1, 0.15) is 5.01 Å². The maximum Gasteiger partial charge on any atom is 0.286 e. The van der Waals surface area contributed by atoms with E-state index in [-0.39, 0.29) is 16.4 Å². The van der Waals surface area contributed by atoms with Crippen LogP contribution in [0.2, 0.25) is 0 Å². The van der Waals surface area contributed by atoms with Gasteiger partial charge in [0.2, 0.25) is 5.91 Å². The minimum Gasteiger partial charge on any atom is -0.388 e. The molecule has 0 bridgehead atoms. The Morgan fingerprint density at radius 1 is 1.14 bits per heavy atom. The van der Waals surface area contributed by atoms with Gasteiger partial charge in [0.15, 0.2) is 0 Å². The summed E-state index contributed by atoms with van der Waals surface area (Å²) in [6.45, 7) is 2.07. The van der Waals surface area contributed by atoms with E-state index < -0.39 is 6.10 Å². The Balaban J connectivity index is 1.36. The van der Waals surface area contributed by atoms with E-state index in [0.29, 0.717) is 19.3 Å². The van der Waals surface area contributed by atoms with Crippen LogP contribution in [-0.2, 0) is 17.6 Å². The second-order valence-corrected chi connectivity index (χ2v) is 10.4. The van der Waals surface area contributed by atoms with Gasteiger partial charge < -0.3 is 5.11 Å². The molecule has 0 aliphatic carbocycles. The van der Waals surface area contributed by atoms with Crippen LogP contribution >= 0.6 is 34.4 Å². The Hall–Kier alpha value is -2.00. The lowest BCUT2D eigenvalue weighted by atomic mass is 10.1. The fraction of sp³-hybridized carbons (Fsp3) is 0.286. The number of thioether (sulfide) groups is 1. The topological polar surface area (TPSA) is 79.3 Å². The lowest BCUT2D eigenvalue weighted by molar-refractivity contribution is -0.118. The third kappa shape index (κ3) is 4.78. The molecule has 2 N–H and O–H groups in total. The molecule has 5 nitrogen and oxygen atoms in total. The van der Waals surface area contributed by atoms with Gasteiger partial charge in [-0.25, -0.2) is 4.98 Å². The molecule has 1 fully saturated rings. The highest BCUT2D eigenvalue weighted by molar-refractivity contribution is 8.15. The van der Waals surface area contributed by atoms with E-state index in [9.17, 15) is 14.7 Å². The second-order valence-electron chi connectivity index (χ2n) is 6.83. The lowest BCUT2D eigenvalue weighted by Gasteiger charge is -2.08. The quantitative estimate of drug-likeness (QED) is 0.550. The summed E-state index contributed by atoms with van der Waals surface area (Å²) in [5.74, 6) is -0.233. The van der Waals surface area contributed by atoms with Gasteiger partial charge in [-0.15, -0.1) is 22.7 Å². The van der Waals surface area contributed by atoms with Crippen LogP contribution < -0.4 is 5.32 Å². The number of nitrogens with zero attached hydrogens (tertiary/aromatic N) is 1. The normalized spacial score (nSPS) is 17.5. The van der Waals surface area contributed by atoms with Gasteiger partial charge >= 0.3 is 0 Å². The van der Waals surface area contributed by atoms with Crippen LogP contribution in [0.1, 0.15) is 32.9 Å². The van der Waals surface area contributed by atoms with Crippen molar-refractivity contribution < 1.29 is 14.7 Å². The van der Waals surface area contributed by atoms with Gasteiger partial charge in [-0.2, -0.15) is 0 Å². The minimum absolute atomic E-state index is 0.233. The summed E-state index contributed by atoms with van der Waals surface area (Å²) in [6, 6.07) is 14.0. The fourth-order valence-corrected chi connectivity index (χ4v) is 6.17. The molecule has 0 radical (unpaired) electrons. The highest BCUT2D eigenvalue weighted by Crippen LogP contribution is 2.32. The SMILES string of the molecule is Cc1sc(-c2ccccc2)nc1CCC(O)c1ccc(CC2SC(=O)NC2=O)s1. The van der Waals surface area contributed by atoms with Gasteiger partial charge in [0.05, 0.1) is 17.0 Å². The summed E-state index contributed by atoms with van der Waals surface area (Å²) < 4.78 is 0. The largest absolute Gasteiger partial charge is 0.388 e. The molecule has 2 unspecified atom stereocenters. The molecule has 1 saturated heterocycles. The van der Waals surface area contributed by atoms with Crippen molar-refractivity contribution in [2.75, 3.05) is 0 Å². The van der Waals surface area contributed by atoms with E-state index in [1.807, 2.05) is 30.3 Å². The molecular formula is C21H20N2O3S3. The van der Waals surface area contributed by atoms with E-state index in [4.69, 9.17) is 4.98 Å². The third-order valence-electron chi connectivity index (χ3n) is 4.73. The number of rotatable bonds is 7. The summed E-state index contributed by atoms with van der Waals surface area (Å²) in [7, 11) is 0.